The Kier molecular flexibility index (Phi) is 6.67. The van der Waals surface area contributed by atoms with Gasteiger partial charge < -0.3 is 5.32 Å². The fourth-order valence-corrected chi connectivity index (χ4v) is 3.04. The van der Waals surface area contributed by atoms with Gasteiger partial charge in [-0.25, -0.2) is 0 Å². The van der Waals surface area contributed by atoms with Gasteiger partial charge in [-0.3, -0.25) is 4.79 Å². The molecule has 0 spiro atoms. The molecule has 0 saturated carbocycles. The topological polar surface area (TPSA) is 29.1 Å². The van der Waals surface area contributed by atoms with Gasteiger partial charge in [0, 0.05) is 15.8 Å². The molecule has 0 heterocycles. The first-order valence-electron chi connectivity index (χ1n) is 5.77. The van der Waals surface area contributed by atoms with Crippen molar-refractivity contribution < 1.29 is 4.79 Å². The minimum atomic E-state index is -0.144. The maximum absolute atomic E-state index is 12.0. The summed E-state index contributed by atoms with van der Waals surface area (Å²) in [7, 11) is 0. The summed E-state index contributed by atoms with van der Waals surface area (Å²) in [5.74, 6) is 0.454. The third kappa shape index (κ3) is 5.29. The van der Waals surface area contributed by atoms with Crippen LogP contribution in [0.2, 0.25) is 5.02 Å². The number of nitrogens with one attached hydrogen (secondary N) is 1. The minimum absolute atomic E-state index is 0.144. The fraction of sp³-hybridized carbons (Fsp3) is 0.462. The number of alkyl halides is 1. The minimum Gasteiger partial charge on any atom is -0.351 e. The Bertz CT molecular complexity index is 423. The number of hydrogen-bond acceptors (Lipinski definition) is 1. The highest BCUT2D eigenvalue weighted by Gasteiger charge is 2.13. The van der Waals surface area contributed by atoms with E-state index in [9.17, 15) is 4.79 Å². The number of amides is 1. The lowest BCUT2D eigenvalue weighted by atomic mass is 10.1. The predicted molar refractivity (Wildman–Crippen MR) is 83.7 cm³/mol. The van der Waals surface area contributed by atoms with Gasteiger partial charge in [-0.15, -0.1) is 0 Å². The molecule has 2 nitrogen and oxygen atoms in total. The van der Waals surface area contributed by atoms with Crippen LogP contribution in [-0.4, -0.2) is 17.3 Å². The molecule has 0 fully saturated rings. The SMILES string of the molecule is CC(C)CC(Br)CNC(=O)c1cc(Br)ccc1Cl. The maximum Gasteiger partial charge on any atom is 0.252 e. The molecule has 18 heavy (non-hydrogen) atoms. The van der Waals surface area contributed by atoms with Gasteiger partial charge >= 0.3 is 0 Å². The standard InChI is InChI=1S/C13H16Br2ClNO/c1-8(2)5-10(15)7-17-13(18)11-6-9(14)3-4-12(11)16/h3-4,6,8,10H,5,7H2,1-2H3,(H,17,18). The second kappa shape index (κ2) is 7.51. The number of halogens is 3. The Hall–Kier alpha value is -0.0600. The zero-order valence-corrected chi connectivity index (χ0v) is 14.3. The van der Waals surface area contributed by atoms with Crippen molar-refractivity contribution in [2.24, 2.45) is 5.92 Å². The highest BCUT2D eigenvalue weighted by molar-refractivity contribution is 9.10. The zero-order chi connectivity index (χ0) is 13.7. The summed E-state index contributed by atoms with van der Waals surface area (Å²) < 4.78 is 0.842. The first-order valence-corrected chi connectivity index (χ1v) is 7.86. The molecule has 1 N–H and O–H groups in total. The van der Waals surface area contributed by atoms with Gasteiger partial charge in [0.05, 0.1) is 10.6 Å². The lowest BCUT2D eigenvalue weighted by molar-refractivity contribution is 0.0953. The molecule has 0 aliphatic rings. The van der Waals surface area contributed by atoms with Crippen LogP contribution in [-0.2, 0) is 0 Å². The molecule has 1 unspecified atom stereocenters. The molecule has 100 valence electrons. The van der Waals surface area contributed by atoms with E-state index in [1.165, 1.54) is 0 Å². The first kappa shape index (κ1) is 16.0. The van der Waals surface area contributed by atoms with E-state index in [-0.39, 0.29) is 10.7 Å². The molecule has 0 aliphatic heterocycles. The van der Waals surface area contributed by atoms with Crippen molar-refractivity contribution in [3.63, 3.8) is 0 Å². The summed E-state index contributed by atoms with van der Waals surface area (Å²) >= 11 is 12.9. The van der Waals surface area contributed by atoms with Crippen LogP contribution in [0.1, 0.15) is 30.6 Å². The van der Waals surface area contributed by atoms with Crippen LogP contribution in [0.3, 0.4) is 0 Å². The van der Waals surface area contributed by atoms with E-state index in [1.807, 2.05) is 6.07 Å². The number of rotatable bonds is 5. The van der Waals surface area contributed by atoms with Gasteiger partial charge in [0.1, 0.15) is 0 Å². The summed E-state index contributed by atoms with van der Waals surface area (Å²) in [6.07, 6.45) is 1.02. The van der Waals surface area contributed by atoms with Crippen molar-refractivity contribution in [1.29, 1.82) is 0 Å². The van der Waals surface area contributed by atoms with E-state index in [4.69, 9.17) is 11.6 Å². The van der Waals surface area contributed by atoms with Gasteiger partial charge in [0.2, 0.25) is 0 Å². The van der Waals surface area contributed by atoms with E-state index in [2.05, 4.69) is 51.0 Å². The quantitative estimate of drug-likeness (QED) is 0.721. The average molecular weight is 398 g/mol. The first-order chi connectivity index (χ1) is 8.40. The Balaban J connectivity index is 2.58. The van der Waals surface area contributed by atoms with Crippen LogP contribution in [0.5, 0.6) is 0 Å². The Labute approximate surface area is 130 Å². The monoisotopic (exact) mass is 395 g/mol. The zero-order valence-electron chi connectivity index (χ0n) is 10.3. The van der Waals surface area contributed by atoms with Crippen LogP contribution in [0.4, 0.5) is 0 Å². The van der Waals surface area contributed by atoms with Crippen LogP contribution >= 0.6 is 43.5 Å². The second-order valence-corrected chi connectivity index (χ2v) is 7.18. The molecule has 1 atom stereocenters. The Morgan fingerprint density at radius 3 is 2.72 bits per heavy atom. The smallest absolute Gasteiger partial charge is 0.252 e. The predicted octanol–water partition coefficient (Wildman–Crippen LogP) is 4.64. The van der Waals surface area contributed by atoms with Gasteiger partial charge in [-0.05, 0) is 30.5 Å². The molecule has 1 aromatic rings. The Morgan fingerprint density at radius 1 is 1.44 bits per heavy atom. The van der Waals surface area contributed by atoms with E-state index in [1.54, 1.807) is 12.1 Å². The lowest BCUT2D eigenvalue weighted by Crippen LogP contribution is -2.30. The molecule has 1 aromatic carbocycles. The molecule has 5 heteroatoms. The lowest BCUT2D eigenvalue weighted by Gasteiger charge is -2.13. The average Bonchev–Trinajstić information content (AvgIpc) is 2.28. The van der Waals surface area contributed by atoms with E-state index >= 15 is 0 Å². The summed E-state index contributed by atoms with van der Waals surface area (Å²) in [6, 6.07) is 5.24. The molecule has 0 saturated heterocycles. The molecular weight excluding hydrogens is 381 g/mol. The molecular formula is C13H16Br2ClNO. The van der Waals surface area contributed by atoms with Gasteiger partial charge in [0.25, 0.3) is 5.91 Å². The van der Waals surface area contributed by atoms with Crippen LogP contribution in [0, 0.1) is 5.92 Å². The van der Waals surface area contributed by atoms with Crippen LogP contribution in [0.25, 0.3) is 0 Å². The number of carbonyl (C=O) groups excluding carboxylic acids is 1. The number of carbonyl (C=O) groups is 1. The van der Waals surface area contributed by atoms with E-state index in [0.29, 0.717) is 23.0 Å². The second-order valence-electron chi connectivity index (χ2n) is 4.56. The van der Waals surface area contributed by atoms with Crippen molar-refractivity contribution in [2.45, 2.75) is 25.1 Å². The molecule has 1 amide bonds. The third-order valence-electron chi connectivity index (χ3n) is 2.38. The third-order valence-corrected chi connectivity index (χ3v) is 3.90. The fourth-order valence-electron chi connectivity index (χ4n) is 1.57. The van der Waals surface area contributed by atoms with Crippen LogP contribution in [0.15, 0.2) is 22.7 Å². The largest absolute Gasteiger partial charge is 0.351 e. The van der Waals surface area contributed by atoms with E-state index in [0.717, 1.165) is 10.9 Å². The Morgan fingerprint density at radius 2 is 2.11 bits per heavy atom. The molecule has 0 bridgehead atoms. The van der Waals surface area contributed by atoms with E-state index < -0.39 is 0 Å². The van der Waals surface area contributed by atoms with Gasteiger partial charge in [-0.1, -0.05) is 57.3 Å². The summed E-state index contributed by atoms with van der Waals surface area (Å²) in [5.41, 5.74) is 0.496. The highest BCUT2D eigenvalue weighted by atomic mass is 79.9. The summed E-state index contributed by atoms with van der Waals surface area (Å²) in [4.78, 5) is 12.3. The molecule has 1 rings (SSSR count). The van der Waals surface area contributed by atoms with Crippen molar-refractivity contribution in [2.75, 3.05) is 6.54 Å². The normalized spacial score (nSPS) is 12.6. The highest BCUT2D eigenvalue weighted by Crippen LogP contribution is 2.21. The number of hydrogen-bond donors (Lipinski definition) is 1. The van der Waals surface area contributed by atoms with Crippen molar-refractivity contribution in [3.8, 4) is 0 Å². The summed E-state index contributed by atoms with van der Waals surface area (Å²) in [5, 5.41) is 3.34. The molecule has 0 aromatic heterocycles. The van der Waals surface area contributed by atoms with Crippen molar-refractivity contribution in [3.05, 3.63) is 33.3 Å². The molecule has 0 radical (unpaired) electrons. The van der Waals surface area contributed by atoms with Crippen molar-refractivity contribution in [1.82, 2.24) is 5.32 Å². The number of benzene rings is 1. The van der Waals surface area contributed by atoms with Crippen LogP contribution < -0.4 is 5.32 Å². The summed E-state index contributed by atoms with van der Waals surface area (Å²) in [6.45, 7) is 4.91. The van der Waals surface area contributed by atoms with Gasteiger partial charge in [-0.2, -0.15) is 0 Å². The van der Waals surface area contributed by atoms with Gasteiger partial charge in [0.15, 0.2) is 0 Å². The molecule has 0 aliphatic carbocycles. The maximum atomic E-state index is 12.0. The van der Waals surface area contributed by atoms with Crippen molar-refractivity contribution >= 4 is 49.4 Å².